The largest absolute Gasteiger partial charge is 0.466 e. The van der Waals surface area contributed by atoms with Crippen LogP contribution in [0.1, 0.15) is 41.9 Å². The SMILES string of the molecule is CCOC(=O)CC(=O)NC(C)c1sc(C)nc1C. The van der Waals surface area contributed by atoms with E-state index < -0.39 is 5.97 Å². The first kappa shape index (κ1) is 14.6. The fraction of sp³-hybridized carbons (Fsp3) is 0.583. The van der Waals surface area contributed by atoms with Gasteiger partial charge in [-0.05, 0) is 27.7 Å². The van der Waals surface area contributed by atoms with Gasteiger partial charge in [0.05, 0.1) is 23.4 Å². The number of nitrogens with zero attached hydrogens (tertiary/aromatic N) is 1. The molecule has 0 saturated heterocycles. The summed E-state index contributed by atoms with van der Waals surface area (Å²) in [5.41, 5.74) is 0.918. The van der Waals surface area contributed by atoms with Gasteiger partial charge in [0.2, 0.25) is 5.91 Å². The highest BCUT2D eigenvalue weighted by atomic mass is 32.1. The van der Waals surface area contributed by atoms with Gasteiger partial charge in [0, 0.05) is 4.88 Å². The van der Waals surface area contributed by atoms with Crippen molar-refractivity contribution in [2.24, 2.45) is 0 Å². The molecule has 1 aromatic rings. The van der Waals surface area contributed by atoms with Crippen molar-refractivity contribution >= 4 is 23.2 Å². The van der Waals surface area contributed by atoms with E-state index in [2.05, 4.69) is 10.3 Å². The summed E-state index contributed by atoms with van der Waals surface area (Å²) in [5, 5.41) is 3.74. The second-order valence-electron chi connectivity index (χ2n) is 3.95. The highest BCUT2D eigenvalue weighted by Gasteiger charge is 2.17. The Hall–Kier alpha value is -1.43. The Labute approximate surface area is 111 Å². The molecule has 0 fully saturated rings. The van der Waals surface area contributed by atoms with Gasteiger partial charge in [-0.3, -0.25) is 9.59 Å². The van der Waals surface area contributed by atoms with Crippen LogP contribution in [0.2, 0.25) is 0 Å². The first-order chi connectivity index (χ1) is 8.43. The first-order valence-electron chi connectivity index (χ1n) is 5.83. The maximum absolute atomic E-state index is 11.6. The molecule has 1 unspecified atom stereocenters. The molecule has 0 aliphatic rings. The Balaban J connectivity index is 2.54. The van der Waals surface area contributed by atoms with Gasteiger partial charge in [0.15, 0.2) is 0 Å². The predicted molar refractivity (Wildman–Crippen MR) is 69.4 cm³/mol. The van der Waals surface area contributed by atoms with Crippen molar-refractivity contribution in [3.05, 3.63) is 15.6 Å². The lowest BCUT2D eigenvalue weighted by molar-refractivity contribution is -0.146. The highest BCUT2D eigenvalue weighted by molar-refractivity contribution is 7.11. The van der Waals surface area contributed by atoms with Crippen LogP contribution in [0.3, 0.4) is 0 Å². The number of amides is 1. The average Bonchev–Trinajstić information content (AvgIpc) is 2.57. The van der Waals surface area contributed by atoms with Crippen LogP contribution in [0, 0.1) is 13.8 Å². The molecule has 1 heterocycles. The number of aromatic nitrogens is 1. The Morgan fingerprint density at radius 1 is 1.44 bits per heavy atom. The second kappa shape index (κ2) is 6.49. The Morgan fingerprint density at radius 2 is 2.11 bits per heavy atom. The minimum atomic E-state index is -0.501. The van der Waals surface area contributed by atoms with E-state index in [1.807, 2.05) is 20.8 Å². The van der Waals surface area contributed by atoms with E-state index in [0.29, 0.717) is 0 Å². The number of nitrogens with one attached hydrogen (secondary N) is 1. The molecule has 1 atom stereocenters. The second-order valence-corrected chi connectivity index (χ2v) is 5.19. The minimum Gasteiger partial charge on any atom is -0.466 e. The minimum absolute atomic E-state index is 0.141. The molecular formula is C12H18N2O3S. The summed E-state index contributed by atoms with van der Waals surface area (Å²) in [4.78, 5) is 28.1. The summed E-state index contributed by atoms with van der Waals surface area (Å²) in [6.07, 6.45) is -0.241. The molecular weight excluding hydrogens is 252 g/mol. The third kappa shape index (κ3) is 4.10. The number of rotatable bonds is 5. The quantitative estimate of drug-likeness (QED) is 0.655. The van der Waals surface area contributed by atoms with Crippen LogP contribution in [0.4, 0.5) is 0 Å². The molecule has 100 valence electrons. The zero-order valence-corrected chi connectivity index (χ0v) is 11.9. The molecule has 0 saturated carbocycles. The van der Waals surface area contributed by atoms with Crippen LogP contribution >= 0.6 is 11.3 Å². The van der Waals surface area contributed by atoms with Crippen molar-refractivity contribution in [2.45, 2.75) is 40.2 Å². The predicted octanol–water partition coefficient (Wildman–Crippen LogP) is 1.89. The number of thiazole rings is 1. The van der Waals surface area contributed by atoms with Gasteiger partial charge in [0.1, 0.15) is 6.42 Å². The Bertz CT molecular complexity index is 443. The Kier molecular flexibility index (Phi) is 5.27. The molecule has 1 amide bonds. The maximum atomic E-state index is 11.6. The molecule has 0 spiro atoms. The van der Waals surface area contributed by atoms with Crippen molar-refractivity contribution in [2.75, 3.05) is 6.61 Å². The van der Waals surface area contributed by atoms with Crippen molar-refractivity contribution in [3.63, 3.8) is 0 Å². The maximum Gasteiger partial charge on any atom is 0.315 e. The molecule has 6 heteroatoms. The molecule has 18 heavy (non-hydrogen) atoms. The van der Waals surface area contributed by atoms with E-state index in [4.69, 9.17) is 4.74 Å². The average molecular weight is 270 g/mol. The van der Waals surface area contributed by atoms with Gasteiger partial charge < -0.3 is 10.1 Å². The molecule has 5 nitrogen and oxygen atoms in total. The number of carbonyl (C=O) groups is 2. The third-order valence-electron chi connectivity index (χ3n) is 2.32. The molecule has 0 radical (unpaired) electrons. The van der Waals surface area contributed by atoms with Crippen molar-refractivity contribution in [1.29, 1.82) is 0 Å². The zero-order valence-electron chi connectivity index (χ0n) is 11.1. The van der Waals surface area contributed by atoms with Crippen LogP contribution in [0.15, 0.2) is 0 Å². The number of hydrogen-bond acceptors (Lipinski definition) is 5. The highest BCUT2D eigenvalue weighted by Crippen LogP contribution is 2.24. The van der Waals surface area contributed by atoms with E-state index in [-0.39, 0.29) is 25.0 Å². The summed E-state index contributed by atoms with van der Waals surface area (Å²) in [6, 6.07) is -0.141. The smallest absolute Gasteiger partial charge is 0.315 e. The molecule has 0 aliphatic heterocycles. The van der Waals surface area contributed by atoms with Crippen LogP contribution < -0.4 is 5.32 Å². The van der Waals surface area contributed by atoms with Crippen LogP contribution in [0.5, 0.6) is 0 Å². The zero-order chi connectivity index (χ0) is 13.7. The lowest BCUT2D eigenvalue weighted by atomic mass is 10.2. The topological polar surface area (TPSA) is 68.3 Å². The summed E-state index contributed by atoms with van der Waals surface area (Å²) in [5.74, 6) is -0.828. The van der Waals surface area contributed by atoms with Crippen molar-refractivity contribution < 1.29 is 14.3 Å². The van der Waals surface area contributed by atoms with Crippen LogP contribution in [-0.4, -0.2) is 23.5 Å². The van der Waals surface area contributed by atoms with Gasteiger partial charge in [-0.25, -0.2) is 4.98 Å². The molecule has 0 bridgehead atoms. The standard InChI is InChI=1S/C12H18N2O3S/c1-5-17-11(16)6-10(15)14-8(3)12-7(2)13-9(4)18-12/h8H,5-6H2,1-4H3,(H,14,15). The molecule has 0 aromatic carbocycles. The lowest BCUT2D eigenvalue weighted by Gasteiger charge is -2.12. The van der Waals surface area contributed by atoms with E-state index >= 15 is 0 Å². The number of ether oxygens (including phenoxy) is 1. The Morgan fingerprint density at radius 3 is 2.61 bits per heavy atom. The number of carbonyl (C=O) groups excluding carboxylic acids is 2. The van der Waals surface area contributed by atoms with Gasteiger partial charge >= 0.3 is 5.97 Å². The van der Waals surface area contributed by atoms with E-state index in [1.165, 1.54) is 0 Å². The van der Waals surface area contributed by atoms with Gasteiger partial charge in [-0.15, -0.1) is 11.3 Å². The van der Waals surface area contributed by atoms with Crippen LogP contribution in [-0.2, 0) is 14.3 Å². The van der Waals surface area contributed by atoms with Crippen LogP contribution in [0.25, 0.3) is 0 Å². The number of esters is 1. The summed E-state index contributed by atoms with van der Waals surface area (Å²) in [7, 11) is 0. The van der Waals surface area contributed by atoms with E-state index in [9.17, 15) is 9.59 Å². The van der Waals surface area contributed by atoms with Crippen molar-refractivity contribution in [3.8, 4) is 0 Å². The van der Waals surface area contributed by atoms with Gasteiger partial charge in [-0.1, -0.05) is 0 Å². The molecule has 1 aromatic heterocycles. The van der Waals surface area contributed by atoms with Gasteiger partial charge in [-0.2, -0.15) is 0 Å². The van der Waals surface area contributed by atoms with Gasteiger partial charge in [0.25, 0.3) is 0 Å². The first-order valence-corrected chi connectivity index (χ1v) is 6.64. The summed E-state index contributed by atoms with van der Waals surface area (Å²) >= 11 is 1.55. The fourth-order valence-electron chi connectivity index (χ4n) is 1.65. The third-order valence-corrected chi connectivity index (χ3v) is 3.58. The monoisotopic (exact) mass is 270 g/mol. The molecule has 0 aliphatic carbocycles. The summed E-state index contributed by atoms with van der Waals surface area (Å²) < 4.78 is 4.72. The number of aryl methyl sites for hydroxylation is 2. The number of hydrogen-bond donors (Lipinski definition) is 1. The molecule has 1 rings (SSSR count). The lowest BCUT2D eigenvalue weighted by Crippen LogP contribution is -2.29. The van der Waals surface area contributed by atoms with Crippen molar-refractivity contribution in [1.82, 2.24) is 10.3 Å². The molecule has 1 N–H and O–H groups in total. The fourth-order valence-corrected chi connectivity index (χ4v) is 2.58. The summed E-state index contributed by atoms with van der Waals surface area (Å²) in [6.45, 7) is 7.71. The van der Waals surface area contributed by atoms with E-state index in [0.717, 1.165) is 15.6 Å². The van der Waals surface area contributed by atoms with E-state index in [1.54, 1.807) is 18.3 Å². The normalized spacial score (nSPS) is 12.0.